The Bertz CT molecular complexity index is 1360. The van der Waals surface area contributed by atoms with Crippen molar-refractivity contribution in [2.45, 2.75) is 22.6 Å². The first-order valence-corrected chi connectivity index (χ1v) is 12.7. The van der Waals surface area contributed by atoms with Crippen LogP contribution >= 0.6 is 0 Å². The fraction of sp³-hybridized carbons (Fsp3) is 0.182. The molecule has 0 unspecified atom stereocenters. The molecule has 1 heterocycles. The van der Waals surface area contributed by atoms with Crippen LogP contribution in [0.2, 0.25) is 0 Å². The zero-order chi connectivity index (χ0) is 22.9. The summed E-state index contributed by atoms with van der Waals surface area (Å²) in [5.74, 6) is -0.875. The van der Waals surface area contributed by atoms with E-state index >= 15 is 0 Å². The summed E-state index contributed by atoms with van der Waals surface area (Å²) < 4.78 is 74.5. The van der Waals surface area contributed by atoms with Gasteiger partial charge in [-0.25, -0.2) is 21.2 Å². The van der Waals surface area contributed by atoms with E-state index in [1.54, 1.807) is 30.3 Å². The molecule has 0 aliphatic carbocycles. The fourth-order valence-electron chi connectivity index (χ4n) is 3.60. The third-order valence-electron chi connectivity index (χ3n) is 5.18. The van der Waals surface area contributed by atoms with Gasteiger partial charge in [0.2, 0.25) is 0 Å². The molecule has 168 valence electrons. The van der Waals surface area contributed by atoms with E-state index < -0.39 is 25.9 Å². The number of fused-ring (bicyclic) bond motifs is 1. The van der Waals surface area contributed by atoms with Gasteiger partial charge in [-0.15, -0.1) is 0 Å². The number of benzene rings is 3. The summed E-state index contributed by atoms with van der Waals surface area (Å²) >= 11 is 0. The molecule has 32 heavy (non-hydrogen) atoms. The Morgan fingerprint density at radius 2 is 1.69 bits per heavy atom. The summed E-state index contributed by atoms with van der Waals surface area (Å²) in [6.45, 7) is 0.282. The number of aryl methyl sites for hydroxylation is 1. The Morgan fingerprint density at radius 3 is 2.38 bits per heavy atom. The SMILES string of the molecule is COc1ccc(S(=O)(=O)Nc2ccc3c(c2)N(S(=O)(=O)c2ccccc2)CCC3)cc1F. The Labute approximate surface area is 186 Å². The van der Waals surface area contributed by atoms with Crippen LogP contribution in [0.3, 0.4) is 0 Å². The Hall–Kier alpha value is -3.11. The molecule has 0 radical (unpaired) electrons. The first kappa shape index (κ1) is 22.1. The second-order valence-electron chi connectivity index (χ2n) is 7.24. The lowest BCUT2D eigenvalue weighted by atomic mass is 10.0. The maximum Gasteiger partial charge on any atom is 0.264 e. The second kappa shape index (κ2) is 8.44. The van der Waals surface area contributed by atoms with Crippen LogP contribution in [0.25, 0.3) is 0 Å². The number of sulfonamides is 2. The quantitative estimate of drug-likeness (QED) is 0.585. The number of anilines is 2. The first-order chi connectivity index (χ1) is 15.2. The molecule has 0 bridgehead atoms. The number of hydrogen-bond donors (Lipinski definition) is 1. The second-order valence-corrected chi connectivity index (χ2v) is 10.8. The topological polar surface area (TPSA) is 92.8 Å². The lowest BCUT2D eigenvalue weighted by Gasteiger charge is -2.31. The number of hydrogen-bond acceptors (Lipinski definition) is 5. The van der Waals surface area contributed by atoms with Crippen LogP contribution < -0.4 is 13.8 Å². The lowest BCUT2D eigenvalue weighted by Crippen LogP contribution is -2.35. The molecule has 0 fully saturated rings. The van der Waals surface area contributed by atoms with Crippen LogP contribution in [0.5, 0.6) is 5.75 Å². The maximum atomic E-state index is 14.0. The van der Waals surface area contributed by atoms with Crippen LogP contribution in [0, 0.1) is 5.82 Å². The highest BCUT2D eigenvalue weighted by atomic mass is 32.2. The number of methoxy groups -OCH3 is 1. The first-order valence-electron chi connectivity index (χ1n) is 9.79. The average molecular weight is 477 g/mol. The Balaban J connectivity index is 1.69. The van der Waals surface area contributed by atoms with Crippen molar-refractivity contribution in [2.24, 2.45) is 0 Å². The third-order valence-corrected chi connectivity index (χ3v) is 8.38. The summed E-state index contributed by atoms with van der Waals surface area (Å²) in [7, 11) is -6.63. The predicted octanol–water partition coefficient (Wildman–Crippen LogP) is 3.78. The summed E-state index contributed by atoms with van der Waals surface area (Å²) in [6.07, 6.45) is 1.32. The largest absolute Gasteiger partial charge is 0.494 e. The maximum absolute atomic E-state index is 14.0. The van der Waals surface area contributed by atoms with Crippen molar-refractivity contribution in [2.75, 3.05) is 22.7 Å². The van der Waals surface area contributed by atoms with Crippen molar-refractivity contribution in [3.05, 3.63) is 78.1 Å². The Kier molecular flexibility index (Phi) is 5.83. The lowest BCUT2D eigenvalue weighted by molar-refractivity contribution is 0.385. The summed E-state index contributed by atoms with van der Waals surface area (Å²) in [5, 5.41) is 0. The van der Waals surface area contributed by atoms with Crippen LogP contribution in [-0.2, 0) is 26.5 Å². The smallest absolute Gasteiger partial charge is 0.264 e. The van der Waals surface area contributed by atoms with E-state index in [1.165, 1.54) is 41.7 Å². The average Bonchev–Trinajstić information content (AvgIpc) is 2.79. The molecule has 1 aliphatic rings. The van der Waals surface area contributed by atoms with Gasteiger partial charge in [-0.2, -0.15) is 0 Å². The van der Waals surface area contributed by atoms with E-state index in [0.29, 0.717) is 18.5 Å². The van der Waals surface area contributed by atoms with Crippen molar-refractivity contribution < 1.29 is 26.0 Å². The monoisotopic (exact) mass is 476 g/mol. The van der Waals surface area contributed by atoms with E-state index in [9.17, 15) is 21.2 Å². The van der Waals surface area contributed by atoms with Gasteiger partial charge in [0.1, 0.15) is 0 Å². The molecular formula is C22H21FN2O5S2. The van der Waals surface area contributed by atoms with Crippen molar-refractivity contribution in [1.82, 2.24) is 0 Å². The van der Waals surface area contributed by atoms with Crippen LogP contribution in [-0.4, -0.2) is 30.5 Å². The summed E-state index contributed by atoms with van der Waals surface area (Å²) in [5.41, 5.74) is 1.39. The number of ether oxygens (including phenoxy) is 1. The molecule has 0 spiro atoms. The molecule has 7 nitrogen and oxygen atoms in total. The molecule has 3 aromatic carbocycles. The molecular weight excluding hydrogens is 455 g/mol. The van der Waals surface area contributed by atoms with Gasteiger partial charge in [-0.05, 0) is 60.9 Å². The van der Waals surface area contributed by atoms with Gasteiger partial charge in [0.25, 0.3) is 20.0 Å². The number of rotatable bonds is 6. The van der Waals surface area contributed by atoms with Gasteiger partial charge in [-0.1, -0.05) is 24.3 Å². The van der Waals surface area contributed by atoms with Crippen molar-refractivity contribution in [1.29, 1.82) is 0 Å². The standard InChI is InChI=1S/C22H21FN2O5S2/c1-30-22-12-11-19(15-20(22)23)31(26,27)24-17-10-9-16-6-5-13-25(21(16)14-17)32(28,29)18-7-3-2-4-8-18/h2-4,7-12,14-15,24H,5-6,13H2,1H3. The number of nitrogens with one attached hydrogen (secondary N) is 1. The van der Waals surface area contributed by atoms with E-state index in [-0.39, 0.29) is 27.8 Å². The normalized spacial score (nSPS) is 14.0. The van der Waals surface area contributed by atoms with Gasteiger partial charge >= 0.3 is 0 Å². The van der Waals surface area contributed by atoms with Crippen LogP contribution in [0.1, 0.15) is 12.0 Å². The molecule has 3 aromatic rings. The highest BCUT2D eigenvalue weighted by Crippen LogP contribution is 2.35. The van der Waals surface area contributed by atoms with Crippen molar-refractivity contribution >= 4 is 31.4 Å². The summed E-state index contributed by atoms with van der Waals surface area (Å²) in [4.78, 5) is -0.116. The van der Waals surface area contributed by atoms with Gasteiger partial charge < -0.3 is 4.74 Å². The van der Waals surface area contributed by atoms with Crippen LogP contribution in [0.15, 0.2) is 76.5 Å². The minimum Gasteiger partial charge on any atom is -0.494 e. The molecule has 0 amide bonds. The van der Waals surface area contributed by atoms with Crippen molar-refractivity contribution in [3.63, 3.8) is 0 Å². The van der Waals surface area contributed by atoms with Gasteiger partial charge in [-0.3, -0.25) is 9.03 Å². The minimum atomic E-state index is -4.11. The van der Waals surface area contributed by atoms with Crippen molar-refractivity contribution in [3.8, 4) is 5.75 Å². The number of halogens is 1. The molecule has 0 saturated heterocycles. The van der Waals surface area contributed by atoms with E-state index in [1.807, 2.05) is 0 Å². The highest BCUT2D eigenvalue weighted by molar-refractivity contribution is 7.93. The molecule has 1 aliphatic heterocycles. The Morgan fingerprint density at radius 1 is 0.938 bits per heavy atom. The van der Waals surface area contributed by atoms with Gasteiger partial charge in [0.15, 0.2) is 11.6 Å². The molecule has 4 rings (SSSR count). The van der Waals surface area contributed by atoms with E-state index in [0.717, 1.165) is 11.6 Å². The highest BCUT2D eigenvalue weighted by Gasteiger charge is 2.29. The van der Waals surface area contributed by atoms with E-state index in [2.05, 4.69) is 4.72 Å². The minimum absolute atomic E-state index is 0.0699. The molecule has 10 heteroatoms. The third kappa shape index (κ3) is 4.15. The van der Waals surface area contributed by atoms with Crippen LogP contribution in [0.4, 0.5) is 15.8 Å². The molecule has 0 aromatic heterocycles. The summed E-state index contributed by atoms with van der Waals surface area (Å²) in [6, 6.07) is 16.2. The van der Waals surface area contributed by atoms with E-state index in [4.69, 9.17) is 4.74 Å². The fourth-order valence-corrected chi connectivity index (χ4v) is 6.22. The molecule has 0 atom stereocenters. The van der Waals surface area contributed by atoms with Gasteiger partial charge in [0, 0.05) is 6.54 Å². The number of nitrogens with zero attached hydrogens (tertiary/aromatic N) is 1. The molecule has 1 N–H and O–H groups in total. The zero-order valence-electron chi connectivity index (χ0n) is 17.2. The molecule has 0 saturated carbocycles. The zero-order valence-corrected chi connectivity index (χ0v) is 18.8. The predicted molar refractivity (Wildman–Crippen MR) is 119 cm³/mol. The van der Waals surface area contributed by atoms with Gasteiger partial charge in [0.05, 0.1) is 28.3 Å².